The molecule has 0 spiro atoms. The first kappa shape index (κ1) is 25.7. The summed E-state index contributed by atoms with van der Waals surface area (Å²) in [5, 5.41) is 0. The van der Waals surface area contributed by atoms with Crippen molar-refractivity contribution in [2.45, 2.75) is 13.3 Å². The van der Waals surface area contributed by atoms with Gasteiger partial charge in [0.1, 0.15) is 17.0 Å². The summed E-state index contributed by atoms with van der Waals surface area (Å²) in [7, 11) is 2.95. The smallest absolute Gasteiger partial charge is 0.257 e. The molecule has 0 atom stereocenters. The number of carbonyl (C=O) groups excluding carboxylic acids is 1. The van der Waals surface area contributed by atoms with Gasteiger partial charge in [0.15, 0.2) is 28.8 Å². The Kier molecular flexibility index (Phi) is 7.09. The van der Waals surface area contributed by atoms with Crippen LogP contribution in [-0.4, -0.2) is 39.9 Å². The van der Waals surface area contributed by atoms with Gasteiger partial charge in [-0.25, -0.2) is 18.7 Å². The third-order valence-corrected chi connectivity index (χ3v) is 5.96. The Hall–Kier alpha value is -4.99. The fraction of sp³-hybridized carbons (Fsp3) is 0.138. The standard InChI is InChI=1S/C29H22F2N4O4/c1-16-27(18-5-7-19(30)8-6-18)34-22(15-33-16)23(36)13-17-4-9-24(20(31)12-17)39-25-10-11-32-21-14-26(37-2)29(38-3)35-28(21)25/h4-12,14-15H,13H2,1-3H3. The number of benzene rings is 2. The van der Waals surface area contributed by atoms with Crippen LogP contribution >= 0.6 is 0 Å². The largest absolute Gasteiger partial charge is 0.491 e. The predicted molar refractivity (Wildman–Crippen MR) is 139 cm³/mol. The van der Waals surface area contributed by atoms with E-state index in [1.54, 1.807) is 37.3 Å². The summed E-state index contributed by atoms with van der Waals surface area (Å²) in [5.41, 5.74) is 3.11. The Bertz CT molecular complexity index is 1690. The van der Waals surface area contributed by atoms with Crippen LogP contribution in [0.4, 0.5) is 8.78 Å². The number of hydrogen-bond donors (Lipinski definition) is 0. The molecule has 0 N–H and O–H groups in total. The number of halogens is 2. The number of rotatable bonds is 8. The molecular formula is C29H22F2N4O4. The molecule has 0 amide bonds. The summed E-state index contributed by atoms with van der Waals surface area (Å²) >= 11 is 0. The zero-order valence-electron chi connectivity index (χ0n) is 21.2. The highest BCUT2D eigenvalue weighted by atomic mass is 19.1. The van der Waals surface area contributed by atoms with E-state index in [2.05, 4.69) is 19.9 Å². The summed E-state index contributed by atoms with van der Waals surface area (Å²) in [5.74, 6) is -0.524. The minimum Gasteiger partial charge on any atom is -0.491 e. The molecule has 5 aromatic rings. The highest BCUT2D eigenvalue weighted by molar-refractivity contribution is 5.96. The topological polar surface area (TPSA) is 96.3 Å². The van der Waals surface area contributed by atoms with Gasteiger partial charge >= 0.3 is 0 Å². The van der Waals surface area contributed by atoms with E-state index >= 15 is 4.39 Å². The van der Waals surface area contributed by atoms with E-state index in [1.807, 2.05) is 0 Å². The maximum atomic E-state index is 15.0. The van der Waals surface area contributed by atoms with Crippen molar-refractivity contribution in [2.75, 3.05) is 14.2 Å². The first-order valence-corrected chi connectivity index (χ1v) is 11.8. The van der Waals surface area contributed by atoms with Crippen LogP contribution in [0.1, 0.15) is 21.7 Å². The van der Waals surface area contributed by atoms with E-state index in [1.165, 1.54) is 50.9 Å². The monoisotopic (exact) mass is 528 g/mol. The molecule has 196 valence electrons. The van der Waals surface area contributed by atoms with Gasteiger partial charge in [-0.2, -0.15) is 0 Å². The molecule has 0 saturated carbocycles. The molecule has 39 heavy (non-hydrogen) atoms. The molecule has 3 heterocycles. The van der Waals surface area contributed by atoms with E-state index < -0.39 is 5.82 Å². The number of hydrogen-bond acceptors (Lipinski definition) is 8. The number of fused-ring (bicyclic) bond motifs is 1. The number of aryl methyl sites for hydroxylation is 1. The average Bonchev–Trinajstić information content (AvgIpc) is 2.94. The molecule has 10 heteroatoms. The second-order valence-electron chi connectivity index (χ2n) is 8.54. The maximum Gasteiger partial charge on any atom is 0.257 e. The summed E-state index contributed by atoms with van der Waals surface area (Å²) in [6.07, 6.45) is 2.79. The van der Waals surface area contributed by atoms with Gasteiger partial charge in [-0.05, 0) is 48.9 Å². The van der Waals surface area contributed by atoms with Crippen LogP contribution in [-0.2, 0) is 6.42 Å². The lowest BCUT2D eigenvalue weighted by molar-refractivity contribution is 0.0988. The summed E-state index contributed by atoms with van der Waals surface area (Å²) in [4.78, 5) is 30.3. The minimum absolute atomic E-state index is 0.0518. The summed E-state index contributed by atoms with van der Waals surface area (Å²) < 4.78 is 44.7. The van der Waals surface area contributed by atoms with Gasteiger partial charge in [-0.1, -0.05) is 6.07 Å². The zero-order valence-corrected chi connectivity index (χ0v) is 21.2. The SMILES string of the molecule is COc1cc2nccc(Oc3ccc(CC(=O)c4cnc(C)c(-c5ccc(F)cc5)n4)cc3F)c2nc1OC. The van der Waals surface area contributed by atoms with Gasteiger partial charge in [-0.3, -0.25) is 14.8 Å². The fourth-order valence-electron chi connectivity index (χ4n) is 3.98. The third-order valence-electron chi connectivity index (χ3n) is 5.96. The minimum atomic E-state index is -0.660. The van der Waals surface area contributed by atoms with Crippen molar-refractivity contribution in [2.24, 2.45) is 0 Å². The first-order chi connectivity index (χ1) is 18.9. The second kappa shape index (κ2) is 10.8. The second-order valence-corrected chi connectivity index (χ2v) is 8.54. The molecule has 0 aliphatic carbocycles. The highest BCUT2D eigenvalue weighted by Crippen LogP contribution is 2.34. The number of ether oxygens (including phenoxy) is 3. The Morgan fingerprint density at radius 3 is 2.38 bits per heavy atom. The molecule has 0 saturated heterocycles. The number of pyridine rings is 2. The normalized spacial score (nSPS) is 10.9. The Morgan fingerprint density at radius 2 is 1.67 bits per heavy atom. The molecule has 0 unspecified atom stereocenters. The van der Waals surface area contributed by atoms with Crippen molar-refractivity contribution >= 4 is 16.8 Å². The van der Waals surface area contributed by atoms with Crippen molar-refractivity contribution in [3.8, 4) is 34.4 Å². The van der Waals surface area contributed by atoms with Crippen molar-refractivity contribution in [1.29, 1.82) is 0 Å². The van der Waals surface area contributed by atoms with Crippen molar-refractivity contribution in [3.05, 3.63) is 95.6 Å². The molecule has 3 aromatic heterocycles. The Morgan fingerprint density at radius 1 is 0.872 bits per heavy atom. The Labute approximate surface area is 222 Å². The molecule has 5 rings (SSSR count). The number of Topliss-reactive ketones (excluding diaryl/α,β-unsaturated/α-hetero) is 1. The summed E-state index contributed by atoms with van der Waals surface area (Å²) in [6, 6.07) is 13.3. The maximum absolute atomic E-state index is 15.0. The van der Waals surface area contributed by atoms with Crippen molar-refractivity contribution in [1.82, 2.24) is 19.9 Å². The molecular weight excluding hydrogens is 506 g/mol. The molecule has 0 radical (unpaired) electrons. The van der Waals surface area contributed by atoms with E-state index in [4.69, 9.17) is 14.2 Å². The van der Waals surface area contributed by atoms with Crippen LogP contribution in [0.15, 0.2) is 67.0 Å². The lowest BCUT2D eigenvalue weighted by Crippen LogP contribution is -2.09. The lowest BCUT2D eigenvalue weighted by atomic mass is 10.1. The van der Waals surface area contributed by atoms with Crippen LogP contribution in [0.2, 0.25) is 0 Å². The van der Waals surface area contributed by atoms with Gasteiger partial charge in [0.25, 0.3) is 5.88 Å². The molecule has 2 aromatic carbocycles. The van der Waals surface area contributed by atoms with Crippen LogP contribution < -0.4 is 14.2 Å². The third kappa shape index (κ3) is 5.35. The quantitative estimate of drug-likeness (QED) is 0.230. The Balaban J connectivity index is 1.37. The van der Waals surface area contributed by atoms with Gasteiger partial charge in [-0.15, -0.1) is 0 Å². The van der Waals surface area contributed by atoms with Crippen molar-refractivity contribution < 1.29 is 27.8 Å². The fourth-order valence-corrected chi connectivity index (χ4v) is 3.98. The van der Waals surface area contributed by atoms with E-state index in [9.17, 15) is 9.18 Å². The predicted octanol–water partition coefficient (Wildman–Crippen LogP) is 5.91. The van der Waals surface area contributed by atoms with E-state index in [0.717, 1.165) is 0 Å². The number of carbonyl (C=O) groups is 1. The number of methoxy groups -OCH3 is 2. The van der Waals surface area contributed by atoms with Crippen LogP contribution in [0.25, 0.3) is 22.3 Å². The average molecular weight is 529 g/mol. The van der Waals surface area contributed by atoms with E-state index in [0.29, 0.717) is 39.3 Å². The van der Waals surface area contributed by atoms with Gasteiger partial charge in [0.05, 0.1) is 37.3 Å². The highest BCUT2D eigenvalue weighted by Gasteiger charge is 2.17. The molecule has 0 fully saturated rings. The van der Waals surface area contributed by atoms with Gasteiger partial charge in [0, 0.05) is 30.3 Å². The molecule has 0 aliphatic heterocycles. The first-order valence-electron chi connectivity index (χ1n) is 11.8. The molecule has 0 bridgehead atoms. The summed E-state index contributed by atoms with van der Waals surface area (Å²) in [6.45, 7) is 1.75. The van der Waals surface area contributed by atoms with Crippen molar-refractivity contribution in [3.63, 3.8) is 0 Å². The van der Waals surface area contributed by atoms with Gasteiger partial charge < -0.3 is 14.2 Å². The number of nitrogens with zero attached hydrogens (tertiary/aromatic N) is 4. The molecule has 8 nitrogen and oxygen atoms in total. The van der Waals surface area contributed by atoms with Crippen LogP contribution in [0.3, 0.4) is 0 Å². The van der Waals surface area contributed by atoms with Gasteiger partial charge in [0.2, 0.25) is 0 Å². The van der Waals surface area contributed by atoms with Crippen LogP contribution in [0, 0.1) is 18.6 Å². The number of aromatic nitrogens is 4. The number of ketones is 1. The van der Waals surface area contributed by atoms with Crippen LogP contribution in [0.5, 0.6) is 23.1 Å². The molecule has 0 aliphatic rings. The lowest BCUT2D eigenvalue weighted by Gasteiger charge is -2.12. The zero-order chi connectivity index (χ0) is 27.5. The van der Waals surface area contributed by atoms with E-state index in [-0.39, 0.29) is 41.1 Å².